The summed E-state index contributed by atoms with van der Waals surface area (Å²) in [5, 5.41) is 9.54. The number of hydrogen-bond acceptors (Lipinski definition) is 6. The molecule has 3 heterocycles. The Morgan fingerprint density at radius 3 is 3.05 bits per heavy atom. The minimum atomic E-state index is 0.0382. The maximum Gasteiger partial charge on any atom is 0.147 e. The van der Waals surface area contributed by atoms with Crippen molar-refractivity contribution >= 4 is 38.7 Å². The molecule has 0 aliphatic rings. The van der Waals surface area contributed by atoms with Crippen molar-refractivity contribution in [2.45, 2.75) is 6.10 Å². The van der Waals surface area contributed by atoms with E-state index in [0.717, 1.165) is 16.0 Å². The third-order valence-corrected chi connectivity index (χ3v) is 4.51. The minimum absolute atomic E-state index is 0.0382. The molecular weight excluding hydrogens is 278 g/mol. The van der Waals surface area contributed by atoms with Gasteiger partial charge in [0.25, 0.3) is 0 Å². The van der Waals surface area contributed by atoms with Crippen LogP contribution in [0.4, 0.5) is 5.82 Å². The number of hydrogen-bond donors (Lipinski definition) is 1. The van der Waals surface area contributed by atoms with E-state index in [9.17, 15) is 0 Å². The molecule has 0 spiro atoms. The van der Waals surface area contributed by atoms with Gasteiger partial charge in [0, 0.05) is 13.7 Å². The van der Waals surface area contributed by atoms with Crippen LogP contribution in [-0.4, -0.2) is 23.6 Å². The molecule has 0 amide bonds. The van der Waals surface area contributed by atoms with E-state index < -0.39 is 0 Å². The van der Waals surface area contributed by atoms with Crippen molar-refractivity contribution in [2.75, 3.05) is 19.0 Å². The summed E-state index contributed by atoms with van der Waals surface area (Å²) in [6.07, 6.45) is 1.63. The highest BCUT2D eigenvalue weighted by atomic mass is 32.1. The van der Waals surface area contributed by atoms with Crippen LogP contribution in [0.3, 0.4) is 0 Å². The molecule has 98 valence electrons. The van der Waals surface area contributed by atoms with E-state index in [4.69, 9.17) is 4.74 Å². The molecule has 0 aliphatic heterocycles. The zero-order valence-electron chi connectivity index (χ0n) is 10.4. The van der Waals surface area contributed by atoms with Gasteiger partial charge in [-0.25, -0.2) is 9.97 Å². The molecule has 0 saturated carbocycles. The molecule has 0 radical (unpaired) electrons. The van der Waals surface area contributed by atoms with Crippen LogP contribution >= 0.6 is 22.7 Å². The smallest absolute Gasteiger partial charge is 0.147 e. The van der Waals surface area contributed by atoms with Gasteiger partial charge in [-0.3, -0.25) is 0 Å². The monoisotopic (exact) mass is 291 g/mol. The fraction of sp³-hybridized carbons (Fsp3) is 0.231. The fourth-order valence-corrected chi connectivity index (χ4v) is 3.41. The molecule has 0 bridgehead atoms. The first-order chi connectivity index (χ1) is 9.38. The first-order valence-electron chi connectivity index (χ1n) is 5.85. The SMILES string of the molecule is COC(CNc1ncnc2ccsc12)c1ccsc1. The lowest BCUT2D eigenvalue weighted by molar-refractivity contribution is 0.114. The Hall–Kier alpha value is -1.50. The molecule has 3 aromatic rings. The summed E-state index contributed by atoms with van der Waals surface area (Å²) >= 11 is 3.32. The van der Waals surface area contributed by atoms with Crippen molar-refractivity contribution in [3.05, 3.63) is 40.2 Å². The summed E-state index contributed by atoms with van der Waals surface area (Å²) in [5.41, 5.74) is 2.17. The summed E-state index contributed by atoms with van der Waals surface area (Å²) in [4.78, 5) is 8.53. The number of nitrogens with one attached hydrogen (secondary N) is 1. The van der Waals surface area contributed by atoms with Crippen LogP contribution in [0.15, 0.2) is 34.6 Å². The molecule has 6 heteroatoms. The van der Waals surface area contributed by atoms with Crippen LogP contribution in [0.5, 0.6) is 0 Å². The molecule has 1 N–H and O–H groups in total. The number of nitrogens with zero attached hydrogens (tertiary/aromatic N) is 2. The van der Waals surface area contributed by atoms with Crippen molar-refractivity contribution in [3.8, 4) is 0 Å². The third-order valence-electron chi connectivity index (χ3n) is 2.90. The van der Waals surface area contributed by atoms with E-state index in [-0.39, 0.29) is 6.10 Å². The van der Waals surface area contributed by atoms with Crippen LogP contribution in [0.2, 0.25) is 0 Å². The van der Waals surface area contributed by atoms with E-state index in [1.807, 2.05) is 11.4 Å². The average molecular weight is 291 g/mol. The molecule has 4 nitrogen and oxygen atoms in total. The van der Waals surface area contributed by atoms with Gasteiger partial charge in [0.15, 0.2) is 0 Å². The fourth-order valence-electron chi connectivity index (χ4n) is 1.90. The van der Waals surface area contributed by atoms with E-state index >= 15 is 0 Å². The lowest BCUT2D eigenvalue weighted by atomic mass is 10.2. The van der Waals surface area contributed by atoms with Gasteiger partial charge in [-0.15, -0.1) is 11.3 Å². The molecule has 1 unspecified atom stereocenters. The number of rotatable bonds is 5. The van der Waals surface area contributed by atoms with Gasteiger partial charge in [0.05, 0.1) is 10.2 Å². The summed E-state index contributed by atoms with van der Waals surface area (Å²) < 4.78 is 6.60. The van der Waals surface area contributed by atoms with Gasteiger partial charge in [0.1, 0.15) is 18.2 Å². The number of ether oxygens (including phenoxy) is 1. The molecule has 3 aromatic heterocycles. The second kappa shape index (κ2) is 5.64. The zero-order valence-corrected chi connectivity index (χ0v) is 12.0. The van der Waals surface area contributed by atoms with Crippen LogP contribution in [0, 0.1) is 0 Å². The summed E-state index contributed by atoms with van der Waals surface area (Å²) in [6, 6.07) is 4.08. The molecule has 19 heavy (non-hydrogen) atoms. The standard InChI is InChI=1S/C13H13N3OS2/c1-17-11(9-2-4-18-7-9)6-14-13-12-10(3-5-19-12)15-8-16-13/h2-5,7-8,11H,6H2,1H3,(H,14,15,16). The van der Waals surface area contributed by atoms with Crippen molar-refractivity contribution < 1.29 is 4.74 Å². The topological polar surface area (TPSA) is 47.0 Å². The predicted molar refractivity (Wildman–Crippen MR) is 80.0 cm³/mol. The molecule has 0 aliphatic carbocycles. The zero-order chi connectivity index (χ0) is 13.1. The molecule has 0 aromatic carbocycles. The quantitative estimate of drug-likeness (QED) is 0.781. The van der Waals surface area contributed by atoms with Gasteiger partial charge in [-0.05, 0) is 33.8 Å². The second-order valence-electron chi connectivity index (χ2n) is 4.02. The molecule has 3 rings (SSSR count). The van der Waals surface area contributed by atoms with E-state index in [2.05, 4.69) is 32.1 Å². The lowest BCUT2D eigenvalue weighted by Gasteiger charge is -2.15. The average Bonchev–Trinajstić information content (AvgIpc) is 3.10. The van der Waals surface area contributed by atoms with Gasteiger partial charge >= 0.3 is 0 Å². The van der Waals surface area contributed by atoms with Gasteiger partial charge < -0.3 is 10.1 Å². The molecule has 0 saturated heterocycles. The Kier molecular flexibility index (Phi) is 3.72. The van der Waals surface area contributed by atoms with Crippen molar-refractivity contribution in [2.24, 2.45) is 0 Å². The summed E-state index contributed by atoms with van der Waals surface area (Å²) in [6.45, 7) is 0.692. The van der Waals surface area contributed by atoms with Gasteiger partial charge in [-0.1, -0.05) is 0 Å². The Bertz CT molecular complexity index is 651. The maximum atomic E-state index is 5.51. The van der Waals surface area contributed by atoms with E-state index in [1.54, 1.807) is 36.1 Å². The number of anilines is 1. The van der Waals surface area contributed by atoms with Crippen LogP contribution in [0.1, 0.15) is 11.7 Å². The van der Waals surface area contributed by atoms with Crippen molar-refractivity contribution in [1.29, 1.82) is 0 Å². The lowest BCUT2D eigenvalue weighted by Crippen LogP contribution is -2.14. The molecule has 1 atom stereocenters. The minimum Gasteiger partial charge on any atom is -0.375 e. The van der Waals surface area contributed by atoms with Crippen molar-refractivity contribution in [3.63, 3.8) is 0 Å². The van der Waals surface area contributed by atoms with Gasteiger partial charge in [-0.2, -0.15) is 11.3 Å². The first kappa shape index (κ1) is 12.5. The number of thiophene rings is 2. The summed E-state index contributed by atoms with van der Waals surface area (Å²) in [7, 11) is 1.73. The Morgan fingerprint density at radius 2 is 2.26 bits per heavy atom. The van der Waals surface area contributed by atoms with Gasteiger partial charge in [0.2, 0.25) is 0 Å². The normalized spacial score (nSPS) is 12.7. The Morgan fingerprint density at radius 1 is 1.32 bits per heavy atom. The second-order valence-corrected chi connectivity index (χ2v) is 5.72. The van der Waals surface area contributed by atoms with Crippen molar-refractivity contribution in [1.82, 2.24) is 9.97 Å². The third kappa shape index (κ3) is 2.60. The number of aromatic nitrogens is 2. The van der Waals surface area contributed by atoms with Crippen LogP contribution < -0.4 is 5.32 Å². The number of methoxy groups -OCH3 is 1. The van der Waals surface area contributed by atoms with E-state index in [0.29, 0.717) is 6.54 Å². The largest absolute Gasteiger partial charge is 0.375 e. The number of fused-ring (bicyclic) bond motifs is 1. The predicted octanol–water partition coefficient (Wildman–Crippen LogP) is 3.55. The Balaban J connectivity index is 1.76. The van der Waals surface area contributed by atoms with Crippen LogP contribution in [0.25, 0.3) is 10.2 Å². The highest BCUT2D eigenvalue weighted by Crippen LogP contribution is 2.26. The summed E-state index contributed by atoms with van der Waals surface area (Å²) in [5.74, 6) is 0.872. The molecule has 0 fully saturated rings. The first-order valence-corrected chi connectivity index (χ1v) is 7.67. The Labute approximate surface area is 119 Å². The molecular formula is C13H13N3OS2. The highest BCUT2D eigenvalue weighted by Gasteiger charge is 2.12. The van der Waals surface area contributed by atoms with E-state index in [1.165, 1.54) is 5.56 Å². The highest BCUT2D eigenvalue weighted by molar-refractivity contribution is 7.17. The maximum absolute atomic E-state index is 5.51. The van der Waals surface area contributed by atoms with Crippen LogP contribution in [-0.2, 0) is 4.74 Å².